The van der Waals surface area contributed by atoms with Crippen LogP contribution in [-0.4, -0.2) is 5.91 Å². The Labute approximate surface area is 125 Å². The van der Waals surface area contributed by atoms with E-state index in [0.29, 0.717) is 10.6 Å². The third-order valence-electron chi connectivity index (χ3n) is 2.68. The van der Waals surface area contributed by atoms with E-state index < -0.39 is 0 Å². The van der Waals surface area contributed by atoms with Crippen LogP contribution in [0.5, 0.6) is 0 Å². The first-order chi connectivity index (χ1) is 8.95. The molecule has 0 saturated carbocycles. The van der Waals surface area contributed by atoms with E-state index in [2.05, 4.69) is 21.2 Å². The predicted molar refractivity (Wildman–Crippen MR) is 83.0 cm³/mol. The minimum atomic E-state index is -0.171. The number of anilines is 1. The molecule has 1 N–H and O–H groups in total. The van der Waals surface area contributed by atoms with Crippen LogP contribution in [0.25, 0.3) is 0 Å². The van der Waals surface area contributed by atoms with E-state index in [9.17, 15) is 4.79 Å². The van der Waals surface area contributed by atoms with Gasteiger partial charge in [0.1, 0.15) is 0 Å². The molecule has 0 atom stereocenters. The summed E-state index contributed by atoms with van der Waals surface area (Å²) in [6.45, 7) is 3.90. The molecule has 0 saturated heterocycles. The minimum Gasteiger partial charge on any atom is -0.321 e. The number of amides is 1. The van der Waals surface area contributed by atoms with Gasteiger partial charge in [-0.15, -0.1) is 0 Å². The highest BCUT2D eigenvalue weighted by Crippen LogP contribution is 2.24. The first-order valence-corrected chi connectivity index (χ1v) is 6.97. The number of carbonyl (C=O) groups excluding carboxylic acids is 1. The molecule has 1 amide bonds. The molecule has 98 valence electrons. The number of nitrogens with one attached hydrogen (secondary N) is 1. The lowest BCUT2D eigenvalue weighted by atomic mass is 10.1. The van der Waals surface area contributed by atoms with Gasteiger partial charge in [-0.05, 0) is 71.2 Å². The van der Waals surface area contributed by atoms with Gasteiger partial charge < -0.3 is 5.32 Å². The highest BCUT2D eigenvalue weighted by Gasteiger charge is 2.09. The second-order valence-electron chi connectivity index (χ2n) is 4.45. The summed E-state index contributed by atoms with van der Waals surface area (Å²) >= 11 is 9.40. The van der Waals surface area contributed by atoms with Crippen molar-refractivity contribution in [1.29, 1.82) is 0 Å². The molecule has 0 unspecified atom stereocenters. The zero-order valence-corrected chi connectivity index (χ0v) is 13.0. The molecule has 19 heavy (non-hydrogen) atoms. The maximum atomic E-state index is 12.2. The average molecular weight is 339 g/mol. The van der Waals surface area contributed by atoms with Gasteiger partial charge >= 0.3 is 0 Å². The van der Waals surface area contributed by atoms with Crippen LogP contribution >= 0.6 is 27.5 Å². The monoisotopic (exact) mass is 337 g/mol. The van der Waals surface area contributed by atoms with Crippen LogP contribution < -0.4 is 5.32 Å². The summed E-state index contributed by atoms with van der Waals surface area (Å²) in [6, 6.07) is 11.1. The maximum Gasteiger partial charge on any atom is 0.255 e. The number of hydrogen-bond donors (Lipinski definition) is 1. The summed E-state index contributed by atoms with van der Waals surface area (Å²) < 4.78 is 0.861. The lowest BCUT2D eigenvalue weighted by molar-refractivity contribution is 0.102. The van der Waals surface area contributed by atoms with Crippen molar-refractivity contribution >= 4 is 39.1 Å². The SMILES string of the molecule is Cc1cc(Cl)cc(C(=O)Nc2ccc(C)cc2Br)c1. The van der Waals surface area contributed by atoms with Gasteiger partial charge in [0.2, 0.25) is 0 Å². The van der Waals surface area contributed by atoms with Gasteiger partial charge in [-0.1, -0.05) is 17.7 Å². The fourth-order valence-electron chi connectivity index (χ4n) is 1.78. The molecule has 0 aromatic heterocycles. The summed E-state index contributed by atoms with van der Waals surface area (Å²) in [5.41, 5.74) is 3.38. The molecule has 2 aromatic rings. The van der Waals surface area contributed by atoms with Crippen molar-refractivity contribution in [2.24, 2.45) is 0 Å². The Morgan fingerprint density at radius 2 is 1.84 bits per heavy atom. The second kappa shape index (κ2) is 5.76. The average Bonchev–Trinajstić information content (AvgIpc) is 2.31. The number of carbonyl (C=O) groups is 1. The molecule has 4 heteroatoms. The Kier molecular flexibility index (Phi) is 4.27. The fourth-order valence-corrected chi connectivity index (χ4v) is 2.67. The highest BCUT2D eigenvalue weighted by molar-refractivity contribution is 9.10. The van der Waals surface area contributed by atoms with E-state index in [4.69, 9.17) is 11.6 Å². The summed E-state index contributed by atoms with van der Waals surface area (Å²) in [5.74, 6) is -0.171. The molecule has 2 aromatic carbocycles. The number of aryl methyl sites for hydroxylation is 2. The molecule has 0 spiro atoms. The molecule has 0 fully saturated rings. The van der Waals surface area contributed by atoms with Crippen molar-refractivity contribution in [2.45, 2.75) is 13.8 Å². The number of benzene rings is 2. The highest BCUT2D eigenvalue weighted by atomic mass is 79.9. The van der Waals surface area contributed by atoms with E-state index >= 15 is 0 Å². The van der Waals surface area contributed by atoms with Gasteiger partial charge in [0.05, 0.1) is 5.69 Å². The van der Waals surface area contributed by atoms with E-state index in [0.717, 1.165) is 21.3 Å². The molecule has 0 aliphatic heterocycles. The Bertz CT molecular complexity index is 620. The molecule has 2 rings (SSSR count). The topological polar surface area (TPSA) is 29.1 Å². The van der Waals surface area contributed by atoms with Crippen LogP contribution in [-0.2, 0) is 0 Å². The van der Waals surface area contributed by atoms with Crippen LogP contribution in [0.2, 0.25) is 5.02 Å². The Morgan fingerprint density at radius 3 is 2.47 bits per heavy atom. The molecular weight excluding hydrogens is 326 g/mol. The first-order valence-electron chi connectivity index (χ1n) is 5.80. The Hall–Kier alpha value is -1.32. The van der Waals surface area contributed by atoms with Gasteiger partial charge in [-0.2, -0.15) is 0 Å². The third-order valence-corrected chi connectivity index (χ3v) is 3.55. The Morgan fingerprint density at radius 1 is 1.11 bits per heavy atom. The predicted octanol–water partition coefficient (Wildman–Crippen LogP) is 4.97. The smallest absolute Gasteiger partial charge is 0.255 e. The first kappa shape index (κ1) is 14.1. The van der Waals surface area contributed by atoms with Crippen molar-refractivity contribution in [1.82, 2.24) is 0 Å². The van der Waals surface area contributed by atoms with E-state index in [1.165, 1.54) is 0 Å². The lowest BCUT2D eigenvalue weighted by Gasteiger charge is -2.09. The number of hydrogen-bond acceptors (Lipinski definition) is 1. The molecule has 2 nitrogen and oxygen atoms in total. The van der Waals surface area contributed by atoms with Crippen molar-refractivity contribution in [3.8, 4) is 0 Å². The third kappa shape index (κ3) is 3.58. The van der Waals surface area contributed by atoms with Gasteiger partial charge in [-0.25, -0.2) is 0 Å². The molecule has 0 heterocycles. The van der Waals surface area contributed by atoms with Crippen LogP contribution in [0.3, 0.4) is 0 Å². The fraction of sp³-hybridized carbons (Fsp3) is 0.133. The molecule has 0 radical (unpaired) electrons. The summed E-state index contributed by atoms with van der Waals surface area (Å²) in [7, 11) is 0. The van der Waals surface area contributed by atoms with E-state index in [1.807, 2.05) is 44.2 Å². The summed E-state index contributed by atoms with van der Waals surface area (Å²) in [5, 5.41) is 3.43. The van der Waals surface area contributed by atoms with Crippen LogP contribution in [0.1, 0.15) is 21.5 Å². The largest absolute Gasteiger partial charge is 0.321 e. The van der Waals surface area contributed by atoms with Crippen molar-refractivity contribution in [3.05, 3.63) is 62.6 Å². The number of halogens is 2. The second-order valence-corrected chi connectivity index (χ2v) is 5.75. The molecule has 0 aliphatic rings. The van der Waals surface area contributed by atoms with Crippen molar-refractivity contribution in [2.75, 3.05) is 5.32 Å². The molecular formula is C15H13BrClNO. The minimum absolute atomic E-state index is 0.171. The maximum absolute atomic E-state index is 12.2. The van der Waals surface area contributed by atoms with Crippen LogP contribution in [0.4, 0.5) is 5.69 Å². The lowest BCUT2D eigenvalue weighted by Crippen LogP contribution is -2.12. The molecule has 0 bridgehead atoms. The van der Waals surface area contributed by atoms with Crippen LogP contribution in [0, 0.1) is 13.8 Å². The molecule has 0 aliphatic carbocycles. The number of rotatable bonds is 2. The Balaban J connectivity index is 2.25. The van der Waals surface area contributed by atoms with E-state index in [1.54, 1.807) is 6.07 Å². The zero-order chi connectivity index (χ0) is 14.0. The zero-order valence-electron chi connectivity index (χ0n) is 10.6. The van der Waals surface area contributed by atoms with Crippen molar-refractivity contribution in [3.63, 3.8) is 0 Å². The van der Waals surface area contributed by atoms with Gasteiger partial charge in [0.15, 0.2) is 0 Å². The summed E-state index contributed by atoms with van der Waals surface area (Å²) in [4.78, 5) is 12.2. The van der Waals surface area contributed by atoms with E-state index in [-0.39, 0.29) is 5.91 Å². The van der Waals surface area contributed by atoms with Gasteiger partial charge in [0.25, 0.3) is 5.91 Å². The van der Waals surface area contributed by atoms with Crippen molar-refractivity contribution < 1.29 is 4.79 Å². The van der Waals surface area contributed by atoms with Crippen LogP contribution in [0.15, 0.2) is 40.9 Å². The summed E-state index contributed by atoms with van der Waals surface area (Å²) in [6.07, 6.45) is 0. The normalized spacial score (nSPS) is 10.3. The van der Waals surface area contributed by atoms with Gasteiger partial charge in [0, 0.05) is 15.1 Å². The standard InChI is InChI=1S/C15H13BrClNO/c1-9-3-4-14(13(16)7-9)18-15(19)11-5-10(2)6-12(17)8-11/h3-8H,1-2H3,(H,18,19). The van der Waals surface area contributed by atoms with Gasteiger partial charge in [-0.3, -0.25) is 4.79 Å². The quantitative estimate of drug-likeness (QED) is 0.823.